The maximum atomic E-state index is 13.9. The van der Waals surface area contributed by atoms with Gasteiger partial charge in [-0.25, -0.2) is 13.8 Å². The number of epoxide rings is 1. The number of piperidine rings is 1. The fourth-order valence-electron chi connectivity index (χ4n) is 5.75. The number of rotatable bonds is 9. The molecule has 13 heteroatoms. The number of aliphatic hydroxyl groups is 1. The smallest absolute Gasteiger partial charge is 0.284 e. The number of hydrogen-bond donors (Lipinski definition) is 2. The molecular formula is C28H36F2N8O3. The first-order valence-electron chi connectivity index (χ1n) is 14.1. The van der Waals surface area contributed by atoms with Crippen molar-refractivity contribution in [2.75, 3.05) is 31.5 Å². The van der Waals surface area contributed by atoms with Gasteiger partial charge in [-0.1, -0.05) is 6.07 Å². The Hall–Kier alpha value is -3.26. The van der Waals surface area contributed by atoms with E-state index in [2.05, 4.69) is 37.2 Å². The average molecular weight is 571 g/mol. The van der Waals surface area contributed by atoms with E-state index in [1.54, 1.807) is 47.7 Å². The largest absolute Gasteiger partial charge is 0.389 e. The lowest BCUT2D eigenvalue weighted by atomic mass is 9.97. The molecule has 2 N–H and O–H groups in total. The number of nitrogens with one attached hydrogen (secondary N) is 1. The van der Waals surface area contributed by atoms with Crippen molar-refractivity contribution in [2.24, 2.45) is 0 Å². The van der Waals surface area contributed by atoms with Gasteiger partial charge in [0.05, 0.1) is 41.9 Å². The minimum Gasteiger partial charge on any atom is -0.389 e. The van der Waals surface area contributed by atoms with Crippen LogP contribution in [0, 0.1) is 0 Å². The monoisotopic (exact) mass is 570 g/mol. The van der Waals surface area contributed by atoms with Crippen LogP contribution in [0.2, 0.25) is 0 Å². The van der Waals surface area contributed by atoms with Gasteiger partial charge in [0.1, 0.15) is 11.9 Å². The summed E-state index contributed by atoms with van der Waals surface area (Å²) in [5, 5.41) is 21.0. The van der Waals surface area contributed by atoms with E-state index >= 15 is 0 Å². The number of likely N-dealkylation sites (tertiary alicyclic amines) is 2. The molecule has 3 aromatic heterocycles. The highest BCUT2D eigenvalue weighted by Gasteiger charge is 2.43. The van der Waals surface area contributed by atoms with Crippen molar-refractivity contribution < 1.29 is 23.4 Å². The molecule has 41 heavy (non-hydrogen) atoms. The number of alkyl halides is 2. The lowest BCUT2D eigenvalue weighted by Crippen LogP contribution is -2.56. The van der Waals surface area contributed by atoms with Crippen LogP contribution in [0.3, 0.4) is 0 Å². The zero-order valence-electron chi connectivity index (χ0n) is 23.5. The standard InChI is InChI=1S/C28H36F2N8O3/c1-17-27(41-17)35-9-7-19(8-10-35)36-13-20(14-36)38-15-23(24(34-38)25(29)30)33-26(39)22-6-4-5-21(32-22)18-11-31-37(12-18)16-28(2,3)40/h4-6,11-12,15,17,19-20,25,27,40H,7-10,13-14,16H2,1-3H3,(H,33,39). The number of carbonyl (C=O) groups is 1. The van der Waals surface area contributed by atoms with E-state index in [9.17, 15) is 18.7 Å². The van der Waals surface area contributed by atoms with Crippen molar-refractivity contribution in [2.45, 2.75) is 76.6 Å². The molecule has 0 radical (unpaired) electrons. The molecule has 2 unspecified atom stereocenters. The van der Waals surface area contributed by atoms with Crippen molar-refractivity contribution in [3.8, 4) is 11.3 Å². The number of nitrogens with zero attached hydrogens (tertiary/aromatic N) is 7. The van der Waals surface area contributed by atoms with Crippen molar-refractivity contribution in [3.63, 3.8) is 0 Å². The average Bonchev–Trinajstić information content (AvgIpc) is 3.25. The Balaban J connectivity index is 1.08. The fraction of sp³-hybridized carbons (Fsp3) is 0.571. The Labute approximate surface area is 237 Å². The third-order valence-electron chi connectivity index (χ3n) is 7.99. The van der Waals surface area contributed by atoms with Gasteiger partial charge in [-0.05, 0) is 45.7 Å². The van der Waals surface area contributed by atoms with E-state index in [1.807, 2.05) is 0 Å². The number of amides is 1. The Bertz CT molecular complexity index is 1390. The van der Waals surface area contributed by atoms with Gasteiger partial charge in [-0.3, -0.25) is 24.0 Å². The van der Waals surface area contributed by atoms with Crippen molar-refractivity contribution in [3.05, 3.63) is 48.2 Å². The highest BCUT2D eigenvalue weighted by atomic mass is 19.3. The normalized spacial score (nSPS) is 22.7. The highest BCUT2D eigenvalue weighted by molar-refractivity contribution is 6.03. The summed E-state index contributed by atoms with van der Waals surface area (Å²) < 4.78 is 36.5. The molecule has 1 amide bonds. The van der Waals surface area contributed by atoms with Crippen LogP contribution in [0.1, 0.15) is 62.3 Å². The molecule has 6 heterocycles. The molecule has 0 spiro atoms. The molecule has 3 aliphatic heterocycles. The summed E-state index contributed by atoms with van der Waals surface area (Å²) >= 11 is 0. The number of hydrogen-bond acceptors (Lipinski definition) is 8. The second kappa shape index (κ2) is 10.9. The molecule has 3 saturated heterocycles. The topological polar surface area (TPSA) is 117 Å². The Morgan fingerprint density at radius 3 is 2.56 bits per heavy atom. The SMILES string of the molecule is CC1OC1N1CCC(N2CC(n3cc(NC(=O)c4cccc(-c5cnn(CC(C)(C)O)c5)n4)c(C(F)F)n3)C2)CC1. The number of pyridine rings is 1. The Morgan fingerprint density at radius 2 is 1.90 bits per heavy atom. The molecule has 0 aliphatic carbocycles. The molecule has 0 saturated carbocycles. The van der Waals surface area contributed by atoms with Crippen molar-refractivity contribution >= 4 is 11.6 Å². The summed E-state index contributed by atoms with van der Waals surface area (Å²) in [5.74, 6) is -0.604. The summed E-state index contributed by atoms with van der Waals surface area (Å²) in [5.41, 5.74) is -0.152. The van der Waals surface area contributed by atoms with Gasteiger partial charge in [0, 0.05) is 50.2 Å². The van der Waals surface area contributed by atoms with Crippen LogP contribution in [0.25, 0.3) is 11.3 Å². The third kappa shape index (κ3) is 6.17. The molecule has 3 aliphatic rings. The van der Waals surface area contributed by atoms with Gasteiger partial charge >= 0.3 is 0 Å². The summed E-state index contributed by atoms with van der Waals surface area (Å²) in [6.07, 6.45) is 4.72. The number of aromatic nitrogens is 5. The summed E-state index contributed by atoms with van der Waals surface area (Å²) in [7, 11) is 0. The molecule has 6 rings (SSSR count). The van der Waals surface area contributed by atoms with Crippen LogP contribution in [-0.4, -0.2) is 95.5 Å². The van der Waals surface area contributed by atoms with Crippen molar-refractivity contribution in [1.82, 2.24) is 34.3 Å². The zero-order valence-corrected chi connectivity index (χ0v) is 23.5. The molecule has 3 fully saturated rings. The Kier molecular flexibility index (Phi) is 7.39. The second-order valence-electron chi connectivity index (χ2n) is 11.9. The summed E-state index contributed by atoms with van der Waals surface area (Å²) in [6.45, 7) is 9.25. The molecule has 220 valence electrons. The van der Waals surface area contributed by atoms with Crippen LogP contribution in [-0.2, 0) is 11.3 Å². The number of ether oxygens (including phenoxy) is 1. The third-order valence-corrected chi connectivity index (χ3v) is 7.99. The van der Waals surface area contributed by atoms with Crippen molar-refractivity contribution in [1.29, 1.82) is 0 Å². The summed E-state index contributed by atoms with van der Waals surface area (Å²) in [4.78, 5) is 22.3. The van der Waals surface area contributed by atoms with E-state index in [1.165, 1.54) is 12.3 Å². The van der Waals surface area contributed by atoms with Crippen LogP contribution < -0.4 is 5.32 Å². The van der Waals surface area contributed by atoms with Gasteiger partial charge in [-0.2, -0.15) is 10.2 Å². The minimum absolute atomic E-state index is 0.0134. The molecule has 0 aromatic carbocycles. The second-order valence-corrected chi connectivity index (χ2v) is 11.9. The first kappa shape index (κ1) is 27.9. The van der Waals surface area contributed by atoms with Gasteiger partial charge in [0.2, 0.25) is 0 Å². The Morgan fingerprint density at radius 1 is 1.17 bits per heavy atom. The van der Waals surface area contributed by atoms with E-state index in [4.69, 9.17) is 4.74 Å². The van der Waals surface area contributed by atoms with Gasteiger partial charge in [0.15, 0.2) is 5.69 Å². The molecule has 2 atom stereocenters. The van der Waals surface area contributed by atoms with E-state index in [0.717, 1.165) is 39.0 Å². The maximum Gasteiger partial charge on any atom is 0.284 e. The first-order valence-corrected chi connectivity index (χ1v) is 14.1. The number of halogens is 2. The van der Waals surface area contributed by atoms with E-state index in [-0.39, 0.29) is 23.7 Å². The van der Waals surface area contributed by atoms with Gasteiger partial charge in [-0.15, -0.1) is 0 Å². The fourth-order valence-corrected chi connectivity index (χ4v) is 5.75. The highest BCUT2D eigenvalue weighted by Crippen LogP contribution is 2.34. The molecular weight excluding hydrogens is 534 g/mol. The minimum atomic E-state index is -2.83. The first-order chi connectivity index (χ1) is 19.5. The number of carbonyl (C=O) groups excluding carboxylic acids is 1. The van der Waals surface area contributed by atoms with Crippen LogP contribution in [0.15, 0.2) is 36.8 Å². The van der Waals surface area contributed by atoms with E-state index in [0.29, 0.717) is 29.9 Å². The molecule has 0 bridgehead atoms. The summed E-state index contributed by atoms with van der Waals surface area (Å²) in [6, 6.07) is 5.38. The van der Waals surface area contributed by atoms with Gasteiger partial charge < -0.3 is 15.2 Å². The quantitative estimate of drug-likeness (QED) is 0.377. The van der Waals surface area contributed by atoms with Crippen LogP contribution in [0.4, 0.5) is 14.5 Å². The lowest BCUT2D eigenvalue weighted by Gasteiger charge is -2.47. The molecule has 3 aromatic rings. The predicted octanol–water partition coefficient (Wildman–Crippen LogP) is 3.17. The lowest BCUT2D eigenvalue weighted by molar-refractivity contribution is 0.0117. The zero-order chi connectivity index (χ0) is 28.9. The molecule has 11 nitrogen and oxygen atoms in total. The predicted molar refractivity (Wildman–Crippen MR) is 146 cm³/mol. The van der Waals surface area contributed by atoms with Crippen LogP contribution >= 0.6 is 0 Å². The van der Waals surface area contributed by atoms with Crippen LogP contribution in [0.5, 0.6) is 0 Å². The van der Waals surface area contributed by atoms with Gasteiger partial charge in [0.25, 0.3) is 12.3 Å². The van der Waals surface area contributed by atoms with E-state index < -0.39 is 23.6 Å². The number of anilines is 1. The maximum absolute atomic E-state index is 13.9.